The Morgan fingerprint density at radius 1 is 1.17 bits per heavy atom. The van der Waals surface area contributed by atoms with Crippen LogP contribution in [0, 0.1) is 0 Å². The number of rotatable bonds is 3. The average Bonchev–Trinajstić information content (AvgIpc) is 1.84. The van der Waals surface area contributed by atoms with Crippen LogP contribution < -0.4 is 62.6 Å². The van der Waals surface area contributed by atoms with E-state index in [1.807, 2.05) is 0 Å². The fraction of sp³-hybridized carbons (Fsp3) is 0.500. The first-order valence-corrected chi connectivity index (χ1v) is 2.26. The van der Waals surface area contributed by atoms with Gasteiger partial charge in [0.05, 0.1) is 5.97 Å². The number of carboxylic acids is 2. The number of aliphatic hydroxyl groups is 2. The van der Waals surface area contributed by atoms with E-state index in [0.717, 1.165) is 0 Å². The quantitative estimate of drug-likeness (QED) is 0.337. The van der Waals surface area contributed by atoms with Gasteiger partial charge < -0.3 is 31.4 Å². The fourth-order valence-electron chi connectivity index (χ4n) is 0.264. The van der Waals surface area contributed by atoms with Crippen molar-refractivity contribution in [3.63, 3.8) is 0 Å². The number of hydrogen-bond acceptors (Lipinski definition) is 5. The van der Waals surface area contributed by atoms with Gasteiger partial charge in [-0.25, -0.2) is 4.79 Å². The van der Waals surface area contributed by atoms with E-state index in [1.165, 1.54) is 0 Å². The van der Waals surface area contributed by atoms with Crippen molar-refractivity contribution in [1.29, 1.82) is 0 Å². The van der Waals surface area contributed by atoms with E-state index in [0.29, 0.717) is 0 Å². The third kappa shape index (κ3) is 6.03. The molecule has 0 aliphatic rings. The molecule has 0 saturated carbocycles. The minimum Gasteiger partial charge on any atom is -0.547 e. The molecule has 2 atom stereocenters. The van der Waals surface area contributed by atoms with Crippen LogP contribution in [0.5, 0.6) is 0 Å². The van der Waals surface area contributed by atoms with E-state index in [1.54, 1.807) is 0 Å². The molecule has 0 unspecified atom stereocenters. The Balaban J connectivity index is -0.000000405. The van der Waals surface area contributed by atoms with Gasteiger partial charge in [0, 0.05) is 0 Å². The molecule has 66 valence electrons. The Labute approximate surface area is 110 Å². The van der Waals surface area contributed by atoms with E-state index >= 15 is 0 Å². The number of carboxylic acid groups (broad SMARTS) is 2. The third-order valence-electron chi connectivity index (χ3n) is 0.794. The summed E-state index contributed by atoms with van der Waals surface area (Å²) in [7, 11) is 0. The zero-order chi connectivity index (χ0) is 8.31. The van der Waals surface area contributed by atoms with Gasteiger partial charge >= 0.3 is 57.4 Å². The van der Waals surface area contributed by atoms with Crippen molar-refractivity contribution < 1.29 is 81.4 Å². The normalized spacial score (nSPS) is 13.2. The van der Waals surface area contributed by atoms with E-state index in [2.05, 4.69) is 0 Å². The van der Waals surface area contributed by atoms with Gasteiger partial charge in [-0.15, -0.1) is 0 Å². The fourth-order valence-corrected chi connectivity index (χ4v) is 0.264. The van der Waals surface area contributed by atoms with Gasteiger partial charge in [-0.1, -0.05) is 0 Å². The first kappa shape index (κ1) is 18.3. The standard InChI is InChI=1S/C4H6O6.K.H3N/c5-1(3(7)8)2(6)4(9)10;;/h1-2,5-6H,(H,7,8)(H,9,10);;1H3/q;+1;/t1-,2-;;/m1../s1. The minimum absolute atomic E-state index is 0. The van der Waals surface area contributed by atoms with Gasteiger partial charge in [-0.2, -0.15) is 0 Å². The van der Waals surface area contributed by atoms with Crippen LogP contribution in [0.1, 0.15) is 0 Å². The maximum absolute atomic E-state index is 9.74. The summed E-state index contributed by atoms with van der Waals surface area (Å²) in [6.07, 6.45) is -4.71. The summed E-state index contributed by atoms with van der Waals surface area (Å²) in [5, 5.41) is 34.1. The number of quaternary nitrogens is 1. The van der Waals surface area contributed by atoms with Crippen LogP contribution in [0.25, 0.3) is 0 Å². The van der Waals surface area contributed by atoms with Crippen LogP contribution in [0.2, 0.25) is 0 Å². The molecule has 0 amide bonds. The van der Waals surface area contributed by atoms with Crippen LogP contribution in [-0.2, 0) is 9.59 Å². The molecule has 0 aromatic heterocycles. The number of carbonyl (C=O) groups is 2. The third-order valence-corrected chi connectivity index (χ3v) is 0.794. The Morgan fingerprint density at radius 3 is 1.58 bits per heavy atom. The van der Waals surface area contributed by atoms with Crippen molar-refractivity contribution in [2.45, 2.75) is 12.2 Å². The largest absolute Gasteiger partial charge is 1.00 e. The van der Waals surface area contributed by atoms with E-state index in [-0.39, 0.29) is 57.5 Å². The van der Waals surface area contributed by atoms with Gasteiger partial charge in [0.25, 0.3) is 0 Å². The second-order valence-corrected chi connectivity index (χ2v) is 1.55. The Morgan fingerprint density at radius 2 is 1.50 bits per heavy atom. The summed E-state index contributed by atoms with van der Waals surface area (Å²) in [6, 6.07) is 0. The molecule has 0 saturated heterocycles. The molecular weight excluding hydrogens is 197 g/mol. The van der Waals surface area contributed by atoms with Crippen molar-refractivity contribution in [3.8, 4) is 0 Å². The Hall–Kier alpha value is 0.456. The summed E-state index contributed by atoms with van der Waals surface area (Å²) >= 11 is 0. The molecule has 0 heterocycles. The van der Waals surface area contributed by atoms with Gasteiger partial charge in [-0.3, -0.25) is 0 Å². The smallest absolute Gasteiger partial charge is 0.547 e. The molecule has 0 radical (unpaired) electrons. The maximum Gasteiger partial charge on any atom is 1.00 e. The van der Waals surface area contributed by atoms with Crippen LogP contribution >= 0.6 is 0 Å². The van der Waals surface area contributed by atoms with Crippen LogP contribution in [0.3, 0.4) is 0 Å². The van der Waals surface area contributed by atoms with E-state index < -0.39 is 24.1 Å². The minimum atomic E-state index is -2.38. The number of hydrogen-bond donors (Lipinski definition) is 4. The molecule has 0 aliphatic carbocycles. The van der Waals surface area contributed by atoms with Gasteiger partial charge in [0.15, 0.2) is 6.10 Å². The molecule has 7 nitrogen and oxygen atoms in total. The van der Waals surface area contributed by atoms with Gasteiger partial charge in [0.1, 0.15) is 6.10 Å². The zero-order valence-electron chi connectivity index (χ0n) is 6.72. The molecule has 12 heavy (non-hydrogen) atoms. The summed E-state index contributed by atoms with van der Waals surface area (Å²) in [5.41, 5.74) is 0. The first-order valence-electron chi connectivity index (χ1n) is 2.26. The van der Waals surface area contributed by atoms with Crippen molar-refractivity contribution in [2.24, 2.45) is 0 Å². The summed E-state index contributed by atoms with van der Waals surface area (Å²) in [4.78, 5) is 19.4. The predicted molar refractivity (Wildman–Crippen MR) is 30.6 cm³/mol. The molecule has 0 spiro atoms. The monoisotopic (exact) mass is 206 g/mol. The maximum atomic E-state index is 9.74. The molecule has 8 heteroatoms. The van der Waals surface area contributed by atoms with Gasteiger partial charge in [0.2, 0.25) is 0 Å². The second-order valence-electron chi connectivity index (χ2n) is 1.55. The molecule has 0 rings (SSSR count). The average molecular weight is 206 g/mol. The summed E-state index contributed by atoms with van der Waals surface area (Å²) < 4.78 is 0. The predicted octanol–water partition coefficient (Wildman–Crippen LogP) is -6.08. The topological polar surface area (TPSA) is 154 Å². The summed E-state index contributed by atoms with van der Waals surface area (Å²) in [6.45, 7) is 0. The van der Waals surface area contributed by atoms with Crippen LogP contribution in [0.4, 0.5) is 0 Å². The zero-order valence-corrected chi connectivity index (χ0v) is 9.84. The second kappa shape index (κ2) is 8.07. The number of carbonyl (C=O) groups excluding carboxylic acids is 1. The number of aliphatic hydroxyl groups excluding tert-OH is 2. The van der Waals surface area contributed by atoms with Crippen molar-refractivity contribution >= 4 is 11.9 Å². The molecule has 0 aromatic rings. The first-order chi connectivity index (χ1) is 4.46. The van der Waals surface area contributed by atoms with Gasteiger partial charge in [-0.05, 0) is 0 Å². The Bertz CT molecular complexity index is 144. The van der Waals surface area contributed by atoms with Crippen molar-refractivity contribution in [2.75, 3.05) is 0 Å². The van der Waals surface area contributed by atoms with E-state index in [9.17, 15) is 14.7 Å². The van der Waals surface area contributed by atoms with Crippen LogP contribution in [-0.4, -0.2) is 39.5 Å². The molecule has 0 bridgehead atoms. The summed E-state index contributed by atoms with van der Waals surface area (Å²) in [5.74, 6) is -3.83. The number of aliphatic carboxylic acids is 2. The molecule has 7 N–H and O–H groups in total. The van der Waals surface area contributed by atoms with E-state index in [4.69, 9.17) is 15.3 Å². The van der Waals surface area contributed by atoms with Crippen molar-refractivity contribution in [3.05, 3.63) is 0 Å². The SMILES string of the molecule is O=C([O-])[C@H](O)[C@@H](O)C(=O)O.[K+].[NH4+]. The van der Waals surface area contributed by atoms with Crippen LogP contribution in [0.15, 0.2) is 0 Å². The molecule has 0 fully saturated rings. The Kier molecular flexibility index (Phi) is 12.3. The molecule has 0 aliphatic heterocycles. The van der Waals surface area contributed by atoms with Crippen molar-refractivity contribution in [1.82, 2.24) is 6.15 Å². The molecule has 0 aromatic carbocycles. The molecular formula is C4H9KNO6+.